The number of rotatable bonds is 7. The quantitative estimate of drug-likeness (QED) is 0.521. The van der Waals surface area contributed by atoms with Gasteiger partial charge in [0.25, 0.3) is 10.2 Å². The summed E-state index contributed by atoms with van der Waals surface area (Å²) in [5.74, 6) is -2.24. The highest BCUT2D eigenvalue weighted by atomic mass is 32.2. The highest BCUT2D eigenvalue weighted by Gasteiger charge is 2.46. The molecule has 2 N–H and O–H groups in total. The molecule has 4 rings (SSSR count). The standard InChI is InChI=1S/C21H27FN4O6S3/c22-20-4-2-1-3-19(20)17-12-18(15-34(29,30)21-11-16(13-23)5-6-24-21)26(14-17)35(31,32)25-7-9-33(27,28)10-8-25/h1-6,11,17-18H,7-10,12-15,23H2/t17-,18-/m1/s1. The van der Waals surface area contributed by atoms with Crippen LogP contribution in [0.4, 0.5) is 4.39 Å². The topological polar surface area (TPSA) is 148 Å². The summed E-state index contributed by atoms with van der Waals surface area (Å²) < 4.78 is 93.8. The minimum atomic E-state index is -4.21. The largest absolute Gasteiger partial charge is 0.326 e. The number of benzene rings is 1. The van der Waals surface area contributed by atoms with Crippen LogP contribution < -0.4 is 5.73 Å². The van der Waals surface area contributed by atoms with Gasteiger partial charge in [0.2, 0.25) is 0 Å². The lowest BCUT2D eigenvalue weighted by Gasteiger charge is -2.32. The van der Waals surface area contributed by atoms with E-state index in [1.165, 1.54) is 24.4 Å². The third-order valence-corrected chi connectivity index (χ3v) is 11.8. The molecule has 0 radical (unpaired) electrons. The van der Waals surface area contributed by atoms with E-state index < -0.39 is 53.4 Å². The fourth-order valence-corrected chi connectivity index (χ4v) is 9.43. The van der Waals surface area contributed by atoms with Crippen molar-refractivity contribution in [2.75, 3.05) is 36.9 Å². The maximum atomic E-state index is 14.5. The summed E-state index contributed by atoms with van der Waals surface area (Å²) >= 11 is 0. The minimum absolute atomic E-state index is 0.0854. The minimum Gasteiger partial charge on any atom is -0.326 e. The lowest BCUT2D eigenvalue weighted by atomic mass is 9.96. The van der Waals surface area contributed by atoms with Gasteiger partial charge in [0.1, 0.15) is 5.82 Å². The van der Waals surface area contributed by atoms with E-state index in [1.54, 1.807) is 18.2 Å². The van der Waals surface area contributed by atoms with Crippen LogP contribution in [0.15, 0.2) is 47.6 Å². The van der Waals surface area contributed by atoms with Crippen molar-refractivity contribution >= 4 is 29.9 Å². The Hall–Kier alpha value is -1.97. The summed E-state index contributed by atoms with van der Waals surface area (Å²) in [6.07, 6.45) is 1.41. The molecule has 2 atom stereocenters. The van der Waals surface area contributed by atoms with E-state index in [0.29, 0.717) is 11.1 Å². The van der Waals surface area contributed by atoms with E-state index in [9.17, 15) is 29.6 Å². The van der Waals surface area contributed by atoms with Crippen LogP contribution in [0.3, 0.4) is 0 Å². The molecule has 0 amide bonds. The second kappa shape index (κ2) is 9.82. The number of hydrogen-bond donors (Lipinski definition) is 1. The van der Waals surface area contributed by atoms with E-state index in [4.69, 9.17) is 5.73 Å². The molecule has 3 heterocycles. The summed E-state index contributed by atoms with van der Waals surface area (Å²) in [4.78, 5) is 3.94. The molecule has 10 nitrogen and oxygen atoms in total. The van der Waals surface area contributed by atoms with Gasteiger partial charge in [-0.25, -0.2) is 26.2 Å². The molecule has 0 aliphatic carbocycles. The molecule has 1 aromatic carbocycles. The predicted molar refractivity (Wildman–Crippen MR) is 128 cm³/mol. The molecular formula is C21H27FN4O6S3. The Morgan fingerprint density at radius 1 is 1.09 bits per heavy atom. The molecule has 2 fully saturated rings. The summed E-state index contributed by atoms with van der Waals surface area (Å²) in [5, 5.41) is -0.212. The zero-order chi connectivity index (χ0) is 25.4. The first-order valence-corrected chi connectivity index (χ1v) is 15.9. The molecule has 0 unspecified atom stereocenters. The van der Waals surface area contributed by atoms with Crippen molar-refractivity contribution in [3.05, 3.63) is 59.5 Å². The van der Waals surface area contributed by atoms with Crippen molar-refractivity contribution < 1.29 is 29.6 Å². The van der Waals surface area contributed by atoms with Gasteiger partial charge in [0.05, 0.1) is 17.3 Å². The lowest BCUT2D eigenvalue weighted by Crippen LogP contribution is -2.52. The fourth-order valence-electron chi connectivity index (χ4n) is 4.51. The molecule has 2 aliphatic rings. The van der Waals surface area contributed by atoms with E-state index in [0.717, 1.165) is 8.61 Å². The zero-order valence-corrected chi connectivity index (χ0v) is 21.3. The molecule has 35 heavy (non-hydrogen) atoms. The number of nitrogens with zero attached hydrogens (tertiary/aromatic N) is 3. The number of nitrogens with two attached hydrogens (primary N) is 1. The Labute approximate surface area is 205 Å². The summed E-state index contributed by atoms with van der Waals surface area (Å²) in [6.45, 7) is -0.443. The van der Waals surface area contributed by atoms with Crippen LogP contribution in [0, 0.1) is 5.82 Å². The van der Waals surface area contributed by atoms with Gasteiger partial charge >= 0.3 is 0 Å². The Balaban J connectivity index is 1.67. The van der Waals surface area contributed by atoms with Crippen LogP contribution in [-0.2, 0) is 36.4 Å². The third-order valence-electron chi connectivity index (χ3n) is 6.40. The number of aromatic nitrogens is 1. The number of pyridine rings is 1. The Kier molecular flexibility index (Phi) is 7.33. The van der Waals surface area contributed by atoms with Crippen LogP contribution >= 0.6 is 0 Å². The molecule has 0 spiro atoms. The molecular weight excluding hydrogens is 519 g/mol. The molecule has 2 aromatic rings. The first-order chi connectivity index (χ1) is 16.4. The Morgan fingerprint density at radius 3 is 2.43 bits per heavy atom. The second-order valence-electron chi connectivity index (χ2n) is 8.72. The first-order valence-electron chi connectivity index (χ1n) is 11.0. The van der Waals surface area contributed by atoms with E-state index in [-0.39, 0.29) is 49.1 Å². The van der Waals surface area contributed by atoms with Crippen molar-refractivity contribution in [3.63, 3.8) is 0 Å². The first kappa shape index (κ1) is 26.1. The van der Waals surface area contributed by atoms with Gasteiger partial charge in [-0.15, -0.1) is 0 Å². The van der Waals surface area contributed by atoms with Crippen LogP contribution in [0.2, 0.25) is 0 Å². The molecule has 1 aromatic heterocycles. The maximum Gasteiger partial charge on any atom is 0.282 e. The molecule has 2 saturated heterocycles. The van der Waals surface area contributed by atoms with Crippen molar-refractivity contribution in [3.8, 4) is 0 Å². The van der Waals surface area contributed by atoms with E-state index in [2.05, 4.69) is 4.98 Å². The highest BCUT2D eigenvalue weighted by molar-refractivity contribution is 7.92. The maximum absolute atomic E-state index is 14.5. The lowest BCUT2D eigenvalue weighted by molar-refractivity contribution is 0.341. The zero-order valence-electron chi connectivity index (χ0n) is 18.8. The van der Waals surface area contributed by atoms with Gasteiger partial charge in [0, 0.05) is 44.3 Å². The van der Waals surface area contributed by atoms with Crippen molar-refractivity contribution in [1.29, 1.82) is 0 Å². The van der Waals surface area contributed by atoms with Gasteiger partial charge in [-0.2, -0.15) is 17.0 Å². The molecule has 14 heteroatoms. The van der Waals surface area contributed by atoms with Crippen LogP contribution in [-0.4, -0.2) is 81.8 Å². The van der Waals surface area contributed by atoms with E-state index in [1.807, 2.05) is 0 Å². The third kappa shape index (κ3) is 5.57. The van der Waals surface area contributed by atoms with Crippen molar-refractivity contribution in [1.82, 2.24) is 13.6 Å². The molecule has 2 aliphatic heterocycles. The number of hydrogen-bond acceptors (Lipinski definition) is 8. The Bertz CT molecular complexity index is 1400. The summed E-state index contributed by atoms with van der Waals surface area (Å²) in [5.41, 5.74) is 6.48. The van der Waals surface area contributed by atoms with Crippen LogP contribution in [0.1, 0.15) is 23.5 Å². The highest BCUT2D eigenvalue weighted by Crippen LogP contribution is 2.37. The van der Waals surface area contributed by atoms with Gasteiger partial charge in [0.15, 0.2) is 24.7 Å². The van der Waals surface area contributed by atoms with Gasteiger partial charge in [-0.3, -0.25) is 0 Å². The Morgan fingerprint density at radius 2 is 1.77 bits per heavy atom. The molecule has 192 valence electrons. The van der Waals surface area contributed by atoms with E-state index >= 15 is 0 Å². The second-order valence-corrected chi connectivity index (χ2v) is 14.9. The number of halogens is 1. The summed E-state index contributed by atoms with van der Waals surface area (Å²) in [7, 11) is -11.6. The van der Waals surface area contributed by atoms with Crippen LogP contribution in [0.5, 0.6) is 0 Å². The average molecular weight is 547 g/mol. The van der Waals surface area contributed by atoms with Gasteiger partial charge < -0.3 is 5.73 Å². The molecule has 0 saturated carbocycles. The average Bonchev–Trinajstić information content (AvgIpc) is 3.22. The predicted octanol–water partition coefficient (Wildman–Crippen LogP) is 0.286. The summed E-state index contributed by atoms with van der Waals surface area (Å²) in [6, 6.07) is 7.94. The van der Waals surface area contributed by atoms with Crippen molar-refractivity contribution in [2.45, 2.75) is 30.0 Å². The fraction of sp³-hybridized carbons (Fsp3) is 0.476. The smallest absolute Gasteiger partial charge is 0.282 e. The van der Waals surface area contributed by atoms with Gasteiger partial charge in [-0.1, -0.05) is 18.2 Å². The molecule has 0 bridgehead atoms. The van der Waals surface area contributed by atoms with Gasteiger partial charge in [-0.05, 0) is 35.7 Å². The normalized spacial score (nSPS) is 23.9. The van der Waals surface area contributed by atoms with Crippen molar-refractivity contribution in [2.24, 2.45) is 5.73 Å². The monoisotopic (exact) mass is 546 g/mol. The SMILES string of the molecule is NCc1ccnc(S(=O)(=O)C[C@H]2C[C@@H](c3ccccc3F)CN2S(=O)(=O)N2CCS(=O)(=O)CC2)c1. The number of sulfone groups is 2. The van der Waals surface area contributed by atoms with Crippen LogP contribution in [0.25, 0.3) is 0 Å².